The zero-order valence-electron chi connectivity index (χ0n) is 9.70. The maximum Gasteiger partial charge on any atom is 0.215 e. The Labute approximate surface area is 93.1 Å². The van der Waals surface area contributed by atoms with E-state index < -0.39 is 10.0 Å². The minimum absolute atomic E-state index is 0.157. The van der Waals surface area contributed by atoms with Gasteiger partial charge in [0.25, 0.3) is 0 Å². The molecule has 1 heterocycles. The van der Waals surface area contributed by atoms with Crippen LogP contribution in [0, 0.1) is 0 Å². The van der Waals surface area contributed by atoms with Crippen LogP contribution in [-0.2, 0) is 10.0 Å². The molecule has 1 unspecified atom stereocenters. The van der Waals surface area contributed by atoms with Crippen LogP contribution in [0.25, 0.3) is 0 Å². The fourth-order valence-electron chi connectivity index (χ4n) is 2.04. The first-order valence-corrected chi connectivity index (χ1v) is 7.42. The molecule has 1 N–H and O–H groups in total. The molecule has 0 radical (unpaired) electrons. The highest BCUT2D eigenvalue weighted by Gasteiger charge is 2.24. The van der Waals surface area contributed by atoms with E-state index in [1.165, 1.54) is 6.42 Å². The summed E-state index contributed by atoms with van der Waals surface area (Å²) in [5, 5.41) is 3.27. The van der Waals surface area contributed by atoms with E-state index in [9.17, 15) is 8.42 Å². The first-order valence-electron chi connectivity index (χ1n) is 5.81. The van der Waals surface area contributed by atoms with Gasteiger partial charge in [-0.3, -0.25) is 0 Å². The monoisotopic (exact) mass is 234 g/mol. The number of nitrogens with one attached hydrogen (secondary N) is 1. The van der Waals surface area contributed by atoms with Gasteiger partial charge in [0.2, 0.25) is 10.0 Å². The predicted molar refractivity (Wildman–Crippen MR) is 62.3 cm³/mol. The highest BCUT2D eigenvalue weighted by atomic mass is 32.2. The molecule has 1 aliphatic rings. The Morgan fingerprint density at radius 1 is 1.27 bits per heavy atom. The Morgan fingerprint density at radius 2 is 1.93 bits per heavy atom. The Hall–Kier alpha value is -0.130. The smallest absolute Gasteiger partial charge is 0.215 e. The van der Waals surface area contributed by atoms with Crippen molar-refractivity contribution in [3.8, 4) is 0 Å². The molecule has 5 heteroatoms. The summed E-state index contributed by atoms with van der Waals surface area (Å²) in [6.07, 6.45) is 3.30. The Morgan fingerprint density at radius 3 is 2.40 bits per heavy atom. The molecule has 0 saturated carbocycles. The van der Waals surface area contributed by atoms with Crippen molar-refractivity contribution in [2.75, 3.05) is 25.4 Å². The van der Waals surface area contributed by atoms with Gasteiger partial charge in [-0.05, 0) is 19.4 Å². The van der Waals surface area contributed by atoms with Crippen molar-refractivity contribution in [1.82, 2.24) is 9.62 Å². The van der Waals surface area contributed by atoms with Crippen LogP contribution in [0.1, 0.15) is 33.1 Å². The number of sulfonamides is 1. The maximum absolute atomic E-state index is 11.9. The van der Waals surface area contributed by atoms with Crippen molar-refractivity contribution in [3.05, 3.63) is 0 Å². The Bertz CT molecular complexity index is 267. The third-order valence-corrected chi connectivity index (χ3v) is 5.05. The molecule has 0 bridgehead atoms. The van der Waals surface area contributed by atoms with Gasteiger partial charge in [-0.25, -0.2) is 12.7 Å². The molecule has 15 heavy (non-hydrogen) atoms. The van der Waals surface area contributed by atoms with Crippen LogP contribution in [-0.4, -0.2) is 44.2 Å². The third-order valence-electron chi connectivity index (χ3n) is 2.92. The molecule has 0 aromatic carbocycles. The zero-order chi connectivity index (χ0) is 11.3. The van der Waals surface area contributed by atoms with E-state index >= 15 is 0 Å². The van der Waals surface area contributed by atoms with Crippen LogP contribution in [0.4, 0.5) is 0 Å². The summed E-state index contributed by atoms with van der Waals surface area (Å²) in [4.78, 5) is 0. The van der Waals surface area contributed by atoms with E-state index in [0.29, 0.717) is 13.1 Å². The zero-order valence-corrected chi connectivity index (χ0v) is 10.5. The van der Waals surface area contributed by atoms with E-state index in [1.807, 2.05) is 13.8 Å². The highest BCUT2D eigenvalue weighted by Crippen LogP contribution is 2.11. The van der Waals surface area contributed by atoms with E-state index in [4.69, 9.17) is 0 Å². The number of piperidine rings is 1. The van der Waals surface area contributed by atoms with Gasteiger partial charge in [0.1, 0.15) is 0 Å². The van der Waals surface area contributed by atoms with Gasteiger partial charge in [-0.2, -0.15) is 0 Å². The molecule has 4 nitrogen and oxygen atoms in total. The molecule has 1 atom stereocenters. The van der Waals surface area contributed by atoms with Gasteiger partial charge in [-0.15, -0.1) is 0 Å². The fourth-order valence-corrected chi connectivity index (χ4v) is 3.83. The van der Waals surface area contributed by atoms with Crippen LogP contribution in [0.2, 0.25) is 0 Å². The number of nitrogens with zero attached hydrogens (tertiary/aromatic N) is 1. The van der Waals surface area contributed by atoms with E-state index in [1.54, 1.807) is 4.31 Å². The van der Waals surface area contributed by atoms with Gasteiger partial charge in [0.15, 0.2) is 0 Å². The van der Waals surface area contributed by atoms with Crippen molar-refractivity contribution in [1.29, 1.82) is 0 Å². The lowest BCUT2D eigenvalue weighted by Crippen LogP contribution is -2.44. The second kappa shape index (κ2) is 5.82. The molecule has 0 aromatic rings. The van der Waals surface area contributed by atoms with E-state index in [0.717, 1.165) is 19.4 Å². The van der Waals surface area contributed by atoms with Crippen LogP contribution < -0.4 is 5.32 Å². The van der Waals surface area contributed by atoms with Crippen LogP contribution in [0.15, 0.2) is 0 Å². The molecular weight excluding hydrogens is 212 g/mol. The van der Waals surface area contributed by atoms with E-state index in [2.05, 4.69) is 5.32 Å². The van der Waals surface area contributed by atoms with Crippen LogP contribution >= 0.6 is 0 Å². The highest BCUT2D eigenvalue weighted by molar-refractivity contribution is 7.89. The SMILES string of the molecule is CCN(CC)S(=O)(=O)CC1CCCCN1. The van der Waals surface area contributed by atoms with Crippen molar-refractivity contribution < 1.29 is 8.42 Å². The fraction of sp³-hybridized carbons (Fsp3) is 1.00. The number of rotatable bonds is 5. The predicted octanol–water partition coefficient (Wildman–Crippen LogP) is 0.800. The Balaban J connectivity index is 2.54. The standard InChI is InChI=1S/C10H22N2O2S/c1-3-12(4-2)15(13,14)9-10-7-5-6-8-11-10/h10-11H,3-9H2,1-2H3. The molecule has 0 aliphatic carbocycles. The second-order valence-corrected chi connectivity index (χ2v) is 6.02. The van der Waals surface area contributed by atoms with Gasteiger partial charge in [0, 0.05) is 19.1 Å². The second-order valence-electron chi connectivity index (χ2n) is 4.01. The molecule has 1 fully saturated rings. The third kappa shape index (κ3) is 3.74. The van der Waals surface area contributed by atoms with Gasteiger partial charge < -0.3 is 5.32 Å². The van der Waals surface area contributed by atoms with Crippen molar-refractivity contribution in [2.24, 2.45) is 0 Å². The van der Waals surface area contributed by atoms with Crippen molar-refractivity contribution in [3.63, 3.8) is 0 Å². The molecule has 90 valence electrons. The van der Waals surface area contributed by atoms with Crippen LogP contribution in [0.3, 0.4) is 0 Å². The van der Waals surface area contributed by atoms with E-state index in [-0.39, 0.29) is 11.8 Å². The minimum atomic E-state index is -3.05. The molecule has 1 rings (SSSR count). The van der Waals surface area contributed by atoms with Crippen molar-refractivity contribution >= 4 is 10.0 Å². The summed E-state index contributed by atoms with van der Waals surface area (Å²) in [6.45, 7) is 5.88. The van der Waals surface area contributed by atoms with Gasteiger partial charge in [-0.1, -0.05) is 20.3 Å². The van der Waals surface area contributed by atoms with Crippen LogP contribution in [0.5, 0.6) is 0 Å². The molecule has 1 saturated heterocycles. The summed E-state index contributed by atoms with van der Waals surface area (Å²) in [6, 6.07) is 0.157. The quantitative estimate of drug-likeness (QED) is 0.765. The molecule has 0 aromatic heterocycles. The molecule has 1 aliphatic heterocycles. The maximum atomic E-state index is 11.9. The van der Waals surface area contributed by atoms with Crippen molar-refractivity contribution in [2.45, 2.75) is 39.2 Å². The minimum Gasteiger partial charge on any atom is -0.313 e. The lowest BCUT2D eigenvalue weighted by atomic mass is 10.1. The number of hydrogen-bond acceptors (Lipinski definition) is 3. The summed E-state index contributed by atoms with van der Waals surface area (Å²) in [7, 11) is -3.05. The van der Waals surface area contributed by atoms with Gasteiger partial charge >= 0.3 is 0 Å². The molecule has 0 amide bonds. The lowest BCUT2D eigenvalue weighted by molar-refractivity contribution is 0.402. The number of hydrogen-bond donors (Lipinski definition) is 1. The summed E-state index contributed by atoms with van der Waals surface area (Å²) >= 11 is 0. The Kier molecular flexibility index (Phi) is 5.02. The largest absolute Gasteiger partial charge is 0.313 e. The topological polar surface area (TPSA) is 49.4 Å². The summed E-state index contributed by atoms with van der Waals surface area (Å²) in [5.41, 5.74) is 0. The van der Waals surface area contributed by atoms with Gasteiger partial charge in [0.05, 0.1) is 5.75 Å². The first-order chi connectivity index (χ1) is 7.10. The first kappa shape index (κ1) is 12.9. The lowest BCUT2D eigenvalue weighted by Gasteiger charge is -2.26. The average Bonchev–Trinajstić information content (AvgIpc) is 2.19. The molecular formula is C10H22N2O2S. The normalized spacial score (nSPS) is 23.3. The molecule has 0 spiro atoms. The summed E-state index contributed by atoms with van der Waals surface area (Å²) < 4.78 is 25.4. The average molecular weight is 234 g/mol. The summed E-state index contributed by atoms with van der Waals surface area (Å²) in [5.74, 6) is 0.259.